The molecule has 1 aliphatic heterocycles. The van der Waals surface area contributed by atoms with Gasteiger partial charge >= 0.3 is 0 Å². The second-order valence-corrected chi connectivity index (χ2v) is 4.93. The highest BCUT2D eigenvalue weighted by Gasteiger charge is 2.28. The lowest BCUT2D eigenvalue weighted by Gasteiger charge is -2.19. The van der Waals surface area contributed by atoms with Crippen molar-refractivity contribution in [2.45, 2.75) is 27.2 Å². The van der Waals surface area contributed by atoms with E-state index in [4.69, 9.17) is 0 Å². The minimum Gasteiger partial charge on any atom is -0.371 e. The zero-order valence-electron chi connectivity index (χ0n) is 11.4. The van der Waals surface area contributed by atoms with Gasteiger partial charge in [0.2, 0.25) is 5.91 Å². The second kappa shape index (κ2) is 5.38. The van der Waals surface area contributed by atoms with Crippen LogP contribution in [-0.4, -0.2) is 30.5 Å². The molecule has 1 N–H and O–H groups in total. The third kappa shape index (κ3) is 2.81. The first-order chi connectivity index (χ1) is 8.60. The monoisotopic (exact) mass is 247 g/mol. The predicted octanol–water partition coefficient (Wildman–Crippen LogP) is 1.66. The first-order valence-electron chi connectivity index (χ1n) is 6.58. The Labute approximate surface area is 108 Å². The Morgan fingerprint density at radius 2 is 2.11 bits per heavy atom. The van der Waals surface area contributed by atoms with Crippen LogP contribution in [0.4, 0.5) is 5.69 Å². The highest BCUT2D eigenvalue weighted by Crippen LogP contribution is 2.24. The molecule has 0 aliphatic carbocycles. The van der Waals surface area contributed by atoms with Crippen molar-refractivity contribution in [2.24, 2.45) is 5.92 Å². The maximum atomic E-state index is 11.8. The molecule has 0 bridgehead atoms. The summed E-state index contributed by atoms with van der Waals surface area (Å²) in [4.78, 5) is 18.5. The van der Waals surface area contributed by atoms with Crippen LogP contribution < -0.4 is 10.2 Å². The van der Waals surface area contributed by atoms with Gasteiger partial charge in [-0.05, 0) is 39.3 Å². The van der Waals surface area contributed by atoms with Crippen LogP contribution in [0, 0.1) is 19.8 Å². The standard InChI is InChI=1S/C14H21N3O/c1-4-15-14(18)12-5-6-17(9-12)13-7-10(2)16-11(3)8-13/h7-8,12H,4-6,9H2,1-3H3,(H,15,18). The molecule has 1 aromatic heterocycles. The van der Waals surface area contributed by atoms with E-state index in [2.05, 4.69) is 27.3 Å². The van der Waals surface area contributed by atoms with E-state index in [0.29, 0.717) is 6.54 Å². The molecule has 1 unspecified atom stereocenters. The van der Waals surface area contributed by atoms with E-state index in [-0.39, 0.29) is 11.8 Å². The summed E-state index contributed by atoms with van der Waals surface area (Å²) in [5, 5.41) is 2.90. The van der Waals surface area contributed by atoms with E-state index in [1.807, 2.05) is 20.8 Å². The Morgan fingerprint density at radius 3 is 2.72 bits per heavy atom. The maximum Gasteiger partial charge on any atom is 0.224 e. The molecular formula is C14H21N3O. The van der Waals surface area contributed by atoms with Gasteiger partial charge in [0.05, 0.1) is 5.92 Å². The predicted molar refractivity (Wildman–Crippen MR) is 72.7 cm³/mol. The molecule has 1 fully saturated rings. The Bertz CT molecular complexity index is 424. The zero-order valence-corrected chi connectivity index (χ0v) is 11.4. The SMILES string of the molecule is CCNC(=O)C1CCN(c2cc(C)nc(C)c2)C1. The smallest absolute Gasteiger partial charge is 0.224 e. The summed E-state index contributed by atoms with van der Waals surface area (Å²) in [6.45, 7) is 8.45. The van der Waals surface area contributed by atoms with Crippen LogP contribution in [0.3, 0.4) is 0 Å². The van der Waals surface area contributed by atoms with E-state index in [9.17, 15) is 4.79 Å². The molecule has 0 saturated carbocycles. The lowest BCUT2D eigenvalue weighted by Crippen LogP contribution is -2.32. The topological polar surface area (TPSA) is 45.2 Å². The molecular weight excluding hydrogens is 226 g/mol. The average molecular weight is 247 g/mol. The van der Waals surface area contributed by atoms with E-state index < -0.39 is 0 Å². The van der Waals surface area contributed by atoms with Crippen molar-refractivity contribution in [3.63, 3.8) is 0 Å². The number of carbonyl (C=O) groups excluding carboxylic acids is 1. The van der Waals surface area contributed by atoms with Crippen LogP contribution in [0.25, 0.3) is 0 Å². The van der Waals surface area contributed by atoms with Gasteiger partial charge in [-0.15, -0.1) is 0 Å². The van der Waals surface area contributed by atoms with E-state index in [1.165, 1.54) is 5.69 Å². The van der Waals surface area contributed by atoms with Crippen molar-refractivity contribution in [3.05, 3.63) is 23.5 Å². The van der Waals surface area contributed by atoms with Gasteiger partial charge in [-0.3, -0.25) is 9.78 Å². The largest absolute Gasteiger partial charge is 0.371 e. The number of aryl methyl sites for hydroxylation is 2. The number of amides is 1. The second-order valence-electron chi connectivity index (χ2n) is 4.93. The molecule has 2 rings (SSSR count). The van der Waals surface area contributed by atoms with Gasteiger partial charge in [-0.1, -0.05) is 0 Å². The third-order valence-electron chi connectivity index (χ3n) is 3.34. The number of nitrogens with one attached hydrogen (secondary N) is 1. The van der Waals surface area contributed by atoms with Crippen molar-refractivity contribution in [1.29, 1.82) is 0 Å². The van der Waals surface area contributed by atoms with Crippen molar-refractivity contribution < 1.29 is 4.79 Å². The van der Waals surface area contributed by atoms with Crippen LogP contribution in [0.15, 0.2) is 12.1 Å². The molecule has 0 spiro atoms. The van der Waals surface area contributed by atoms with E-state index in [0.717, 1.165) is 30.9 Å². The van der Waals surface area contributed by atoms with E-state index >= 15 is 0 Å². The van der Waals surface area contributed by atoms with Gasteiger partial charge in [0.15, 0.2) is 0 Å². The number of hydrogen-bond donors (Lipinski definition) is 1. The van der Waals surface area contributed by atoms with Crippen LogP contribution in [0.1, 0.15) is 24.7 Å². The summed E-state index contributed by atoms with van der Waals surface area (Å²) in [6, 6.07) is 4.18. The Hall–Kier alpha value is -1.58. The van der Waals surface area contributed by atoms with Crippen molar-refractivity contribution in [2.75, 3.05) is 24.5 Å². The molecule has 0 radical (unpaired) electrons. The molecule has 1 aliphatic rings. The highest BCUT2D eigenvalue weighted by atomic mass is 16.1. The summed E-state index contributed by atoms with van der Waals surface area (Å²) < 4.78 is 0. The normalized spacial score (nSPS) is 19.1. The van der Waals surface area contributed by atoms with Crippen LogP contribution in [-0.2, 0) is 4.79 Å². The summed E-state index contributed by atoms with van der Waals surface area (Å²) in [7, 11) is 0. The highest BCUT2D eigenvalue weighted by molar-refractivity contribution is 5.80. The van der Waals surface area contributed by atoms with Gasteiger partial charge in [-0.2, -0.15) is 0 Å². The first-order valence-corrected chi connectivity index (χ1v) is 6.58. The molecule has 98 valence electrons. The molecule has 4 heteroatoms. The van der Waals surface area contributed by atoms with Gasteiger partial charge in [-0.25, -0.2) is 0 Å². The fraction of sp³-hybridized carbons (Fsp3) is 0.571. The minimum atomic E-state index is 0.124. The maximum absolute atomic E-state index is 11.8. The van der Waals surface area contributed by atoms with Crippen LogP contribution >= 0.6 is 0 Å². The fourth-order valence-corrected chi connectivity index (χ4v) is 2.52. The number of carbonyl (C=O) groups is 1. The summed E-state index contributed by atoms with van der Waals surface area (Å²) in [5.41, 5.74) is 3.25. The molecule has 1 atom stereocenters. The zero-order chi connectivity index (χ0) is 13.1. The number of rotatable bonds is 3. The summed E-state index contributed by atoms with van der Waals surface area (Å²) >= 11 is 0. The van der Waals surface area contributed by atoms with Crippen molar-refractivity contribution in [3.8, 4) is 0 Å². The number of anilines is 1. The van der Waals surface area contributed by atoms with Gasteiger partial charge in [0.1, 0.15) is 0 Å². The van der Waals surface area contributed by atoms with Crippen molar-refractivity contribution >= 4 is 11.6 Å². The third-order valence-corrected chi connectivity index (χ3v) is 3.34. The number of hydrogen-bond acceptors (Lipinski definition) is 3. The van der Waals surface area contributed by atoms with Gasteiger partial charge in [0, 0.05) is 36.7 Å². The van der Waals surface area contributed by atoms with Crippen molar-refractivity contribution in [1.82, 2.24) is 10.3 Å². The minimum absolute atomic E-state index is 0.124. The molecule has 0 aromatic carbocycles. The van der Waals surface area contributed by atoms with Crippen LogP contribution in [0.5, 0.6) is 0 Å². The molecule has 1 saturated heterocycles. The molecule has 4 nitrogen and oxygen atoms in total. The summed E-state index contributed by atoms with van der Waals surface area (Å²) in [5.74, 6) is 0.307. The fourth-order valence-electron chi connectivity index (χ4n) is 2.52. The number of pyridine rings is 1. The van der Waals surface area contributed by atoms with Crippen LogP contribution in [0.2, 0.25) is 0 Å². The first kappa shape index (κ1) is 12.9. The Balaban J connectivity index is 2.06. The average Bonchev–Trinajstić information content (AvgIpc) is 2.77. The molecule has 1 aromatic rings. The lowest BCUT2D eigenvalue weighted by atomic mass is 10.1. The number of aromatic nitrogens is 1. The molecule has 1 amide bonds. The van der Waals surface area contributed by atoms with Gasteiger partial charge in [0.25, 0.3) is 0 Å². The molecule has 2 heterocycles. The van der Waals surface area contributed by atoms with Gasteiger partial charge < -0.3 is 10.2 Å². The summed E-state index contributed by atoms with van der Waals surface area (Å²) in [6.07, 6.45) is 0.937. The number of nitrogens with zero attached hydrogens (tertiary/aromatic N) is 2. The lowest BCUT2D eigenvalue weighted by molar-refractivity contribution is -0.124. The molecule has 18 heavy (non-hydrogen) atoms. The van der Waals surface area contributed by atoms with E-state index in [1.54, 1.807) is 0 Å². The Morgan fingerprint density at radius 1 is 1.44 bits per heavy atom. The quantitative estimate of drug-likeness (QED) is 0.883. The Kier molecular flexibility index (Phi) is 3.84.